The Morgan fingerprint density at radius 1 is 1.40 bits per heavy atom. The van der Waals surface area contributed by atoms with Gasteiger partial charge in [-0.05, 0) is 24.2 Å². The van der Waals surface area contributed by atoms with Gasteiger partial charge in [-0.15, -0.1) is 11.8 Å². The fraction of sp³-hybridized carbons (Fsp3) is 0.533. The van der Waals surface area contributed by atoms with E-state index in [0.717, 1.165) is 17.7 Å². The van der Waals surface area contributed by atoms with E-state index in [4.69, 9.17) is 4.74 Å². The molecule has 0 aromatic heterocycles. The van der Waals surface area contributed by atoms with Gasteiger partial charge in [0.25, 0.3) is 0 Å². The van der Waals surface area contributed by atoms with Gasteiger partial charge in [0.15, 0.2) is 0 Å². The Bertz CT molecular complexity index is 429. The number of carboxylic acids is 1. The standard InChI is InChI=1S/C15H20O4S/c16-13(9-15(14(17)18)7-4-8-20-15)11-19-10-12-5-2-1-3-6-12/h1-3,5-6,13,16H,4,7-11H2,(H,17,18). The van der Waals surface area contributed by atoms with Gasteiger partial charge < -0.3 is 14.9 Å². The first-order chi connectivity index (χ1) is 9.62. The highest BCUT2D eigenvalue weighted by Crippen LogP contribution is 2.42. The summed E-state index contributed by atoms with van der Waals surface area (Å²) in [6, 6.07) is 9.72. The van der Waals surface area contributed by atoms with Gasteiger partial charge >= 0.3 is 5.97 Å². The van der Waals surface area contributed by atoms with Crippen molar-refractivity contribution in [1.29, 1.82) is 0 Å². The quantitative estimate of drug-likeness (QED) is 0.808. The van der Waals surface area contributed by atoms with E-state index in [-0.39, 0.29) is 13.0 Å². The van der Waals surface area contributed by atoms with Crippen molar-refractivity contribution in [3.63, 3.8) is 0 Å². The number of carboxylic acid groups (broad SMARTS) is 1. The van der Waals surface area contributed by atoms with E-state index in [2.05, 4.69) is 0 Å². The molecule has 0 radical (unpaired) electrons. The average Bonchev–Trinajstić information content (AvgIpc) is 2.90. The highest BCUT2D eigenvalue weighted by atomic mass is 32.2. The minimum atomic E-state index is -0.824. The zero-order valence-electron chi connectivity index (χ0n) is 11.3. The molecule has 0 aliphatic carbocycles. The van der Waals surface area contributed by atoms with Crippen LogP contribution in [0.15, 0.2) is 30.3 Å². The van der Waals surface area contributed by atoms with Crippen molar-refractivity contribution in [3.8, 4) is 0 Å². The lowest BCUT2D eigenvalue weighted by Gasteiger charge is -2.25. The molecule has 2 unspecified atom stereocenters. The van der Waals surface area contributed by atoms with Gasteiger partial charge in [-0.1, -0.05) is 30.3 Å². The Morgan fingerprint density at radius 3 is 2.75 bits per heavy atom. The fourth-order valence-corrected chi connectivity index (χ4v) is 3.84. The summed E-state index contributed by atoms with van der Waals surface area (Å²) >= 11 is 1.44. The number of hydrogen-bond donors (Lipinski definition) is 2. The molecule has 1 fully saturated rings. The minimum absolute atomic E-state index is 0.171. The molecular weight excluding hydrogens is 276 g/mol. The smallest absolute Gasteiger partial charge is 0.319 e. The topological polar surface area (TPSA) is 66.8 Å². The normalized spacial score (nSPS) is 23.6. The van der Waals surface area contributed by atoms with Crippen LogP contribution in [-0.2, 0) is 16.1 Å². The number of aliphatic hydroxyl groups is 1. The molecule has 1 saturated heterocycles. The van der Waals surface area contributed by atoms with Crippen molar-refractivity contribution in [2.75, 3.05) is 12.4 Å². The number of hydrogen-bond acceptors (Lipinski definition) is 4. The lowest BCUT2D eigenvalue weighted by atomic mass is 9.96. The lowest BCUT2D eigenvalue weighted by molar-refractivity contribution is -0.141. The summed E-state index contributed by atoms with van der Waals surface area (Å²) in [6.45, 7) is 0.607. The predicted molar refractivity (Wildman–Crippen MR) is 78.8 cm³/mol. The first-order valence-corrected chi connectivity index (χ1v) is 7.78. The zero-order valence-corrected chi connectivity index (χ0v) is 12.1. The van der Waals surface area contributed by atoms with Crippen LogP contribution in [0.2, 0.25) is 0 Å². The van der Waals surface area contributed by atoms with Crippen molar-refractivity contribution >= 4 is 17.7 Å². The summed E-state index contributed by atoms with van der Waals surface area (Å²) in [5.74, 6) is 0.0336. The molecule has 2 N–H and O–H groups in total. The third kappa shape index (κ3) is 3.98. The Labute approximate surface area is 123 Å². The average molecular weight is 296 g/mol. The number of thioether (sulfide) groups is 1. The Hall–Kier alpha value is -1.04. The summed E-state index contributed by atoms with van der Waals surface area (Å²) in [4.78, 5) is 11.4. The molecule has 1 aromatic rings. The third-order valence-corrected chi connectivity index (χ3v) is 5.07. The second kappa shape index (κ2) is 7.11. The van der Waals surface area contributed by atoms with E-state index < -0.39 is 16.8 Å². The minimum Gasteiger partial charge on any atom is -0.480 e. The Balaban J connectivity index is 1.77. The second-order valence-electron chi connectivity index (χ2n) is 5.11. The highest BCUT2D eigenvalue weighted by molar-refractivity contribution is 8.01. The Morgan fingerprint density at radius 2 is 2.15 bits per heavy atom. The SMILES string of the molecule is O=C(O)C1(CC(O)COCc2ccccc2)CCCS1. The zero-order chi connectivity index (χ0) is 14.4. The lowest BCUT2D eigenvalue weighted by Crippen LogP contribution is -2.37. The van der Waals surface area contributed by atoms with Crippen molar-refractivity contribution < 1.29 is 19.7 Å². The largest absolute Gasteiger partial charge is 0.480 e. The van der Waals surface area contributed by atoms with Crippen LogP contribution in [0.1, 0.15) is 24.8 Å². The molecule has 1 heterocycles. The molecule has 2 rings (SSSR count). The summed E-state index contributed by atoms with van der Waals surface area (Å²) in [7, 11) is 0. The molecule has 4 nitrogen and oxygen atoms in total. The van der Waals surface area contributed by atoms with E-state index >= 15 is 0 Å². The maximum atomic E-state index is 11.4. The number of rotatable bonds is 7. The van der Waals surface area contributed by atoms with Gasteiger partial charge in [0.2, 0.25) is 0 Å². The van der Waals surface area contributed by atoms with Gasteiger partial charge in [0, 0.05) is 6.42 Å². The van der Waals surface area contributed by atoms with Crippen LogP contribution in [0.5, 0.6) is 0 Å². The first kappa shape index (κ1) is 15.4. The van der Waals surface area contributed by atoms with E-state index in [1.807, 2.05) is 30.3 Å². The molecule has 2 atom stereocenters. The third-order valence-electron chi connectivity index (χ3n) is 3.48. The highest BCUT2D eigenvalue weighted by Gasteiger charge is 2.43. The van der Waals surface area contributed by atoms with Crippen LogP contribution in [0, 0.1) is 0 Å². The number of benzene rings is 1. The summed E-state index contributed by atoms with van der Waals surface area (Å²) < 4.78 is 4.64. The van der Waals surface area contributed by atoms with Crippen LogP contribution in [0.4, 0.5) is 0 Å². The van der Waals surface area contributed by atoms with Gasteiger partial charge in [-0.2, -0.15) is 0 Å². The van der Waals surface area contributed by atoms with Crippen molar-refractivity contribution in [1.82, 2.24) is 0 Å². The molecule has 0 spiro atoms. The van der Waals surface area contributed by atoms with E-state index in [1.165, 1.54) is 11.8 Å². The molecule has 110 valence electrons. The van der Waals surface area contributed by atoms with Crippen molar-refractivity contribution in [2.45, 2.75) is 36.7 Å². The van der Waals surface area contributed by atoms with E-state index in [9.17, 15) is 15.0 Å². The van der Waals surface area contributed by atoms with Crippen LogP contribution in [-0.4, -0.2) is 39.4 Å². The monoisotopic (exact) mass is 296 g/mol. The van der Waals surface area contributed by atoms with E-state index in [1.54, 1.807) is 0 Å². The maximum Gasteiger partial charge on any atom is 0.319 e. The van der Waals surface area contributed by atoms with Gasteiger partial charge in [-0.25, -0.2) is 0 Å². The molecule has 0 saturated carbocycles. The number of ether oxygens (including phenoxy) is 1. The predicted octanol–water partition coefficient (Wildman–Crippen LogP) is 2.30. The molecule has 5 heteroatoms. The van der Waals surface area contributed by atoms with Crippen LogP contribution in [0.25, 0.3) is 0 Å². The summed E-state index contributed by atoms with van der Waals surface area (Å²) in [5, 5.41) is 19.3. The molecule has 20 heavy (non-hydrogen) atoms. The number of carbonyl (C=O) groups is 1. The number of aliphatic carboxylic acids is 1. The molecule has 0 amide bonds. The van der Waals surface area contributed by atoms with Crippen molar-refractivity contribution in [2.24, 2.45) is 0 Å². The molecular formula is C15H20O4S. The number of aliphatic hydroxyl groups excluding tert-OH is 1. The molecule has 0 bridgehead atoms. The second-order valence-corrected chi connectivity index (χ2v) is 6.59. The van der Waals surface area contributed by atoms with Crippen LogP contribution >= 0.6 is 11.8 Å². The van der Waals surface area contributed by atoms with Crippen molar-refractivity contribution in [3.05, 3.63) is 35.9 Å². The first-order valence-electron chi connectivity index (χ1n) is 6.79. The molecule has 1 aliphatic heterocycles. The summed E-state index contributed by atoms with van der Waals surface area (Å²) in [6.07, 6.45) is 1.04. The van der Waals surface area contributed by atoms with Gasteiger partial charge in [0.05, 0.1) is 19.3 Å². The van der Waals surface area contributed by atoms with Gasteiger partial charge in [0.1, 0.15) is 4.75 Å². The maximum absolute atomic E-state index is 11.4. The van der Waals surface area contributed by atoms with Gasteiger partial charge in [-0.3, -0.25) is 4.79 Å². The molecule has 1 aromatic carbocycles. The molecule has 1 aliphatic rings. The van der Waals surface area contributed by atoms with Crippen LogP contribution in [0.3, 0.4) is 0 Å². The Kier molecular flexibility index (Phi) is 5.46. The fourth-order valence-electron chi connectivity index (χ4n) is 2.44. The van der Waals surface area contributed by atoms with Crippen LogP contribution < -0.4 is 0 Å². The summed E-state index contributed by atoms with van der Waals surface area (Å²) in [5.41, 5.74) is 1.04. The van der Waals surface area contributed by atoms with E-state index in [0.29, 0.717) is 13.0 Å².